The summed E-state index contributed by atoms with van der Waals surface area (Å²) in [7, 11) is 0. The first kappa shape index (κ1) is 10.2. The summed E-state index contributed by atoms with van der Waals surface area (Å²) in [6.07, 6.45) is 0.878. The summed E-state index contributed by atoms with van der Waals surface area (Å²) in [6.45, 7) is 1.46. The zero-order valence-corrected chi connectivity index (χ0v) is 9.09. The molecule has 80 valence electrons. The van der Waals surface area contributed by atoms with E-state index >= 15 is 0 Å². The van der Waals surface area contributed by atoms with Gasteiger partial charge in [0.05, 0.1) is 11.6 Å². The van der Waals surface area contributed by atoms with Crippen molar-refractivity contribution in [1.29, 1.82) is 0 Å². The highest BCUT2D eigenvalue weighted by molar-refractivity contribution is 7.80. The van der Waals surface area contributed by atoms with E-state index in [1.165, 1.54) is 0 Å². The summed E-state index contributed by atoms with van der Waals surface area (Å²) in [5.74, 6) is 1.14. The van der Waals surface area contributed by atoms with Crippen LogP contribution in [0.4, 0.5) is 0 Å². The van der Waals surface area contributed by atoms with Crippen LogP contribution in [0.5, 0.6) is 11.5 Å². The van der Waals surface area contributed by atoms with Crippen molar-refractivity contribution >= 4 is 17.2 Å². The van der Waals surface area contributed by atoms with E-state index in [-0.39, 0.29) is 5.75 Å². The van der Waals surface area contributed by atoms with Gasteiger partial charge in [0.25, 0.3) is 0 Å². The topological polar surface area (TPSA) is 41.5 Å². The van der Waals surface area contributed by atoms with Crippen molar-refractivity contribution in [3.05, 3.63) is 24.3 Å². The third kappa shape index (κ3) is 2.59. The second-order valence-corrected chi connectivity index (χ2v) is 4.15. The Morgan fingerprint density at radius 3 is 2.93 bits per heavy atom. The van der Waals surface area contributed by atoms with Crippen LogP contribution in [0.15, 0.2) is 24.3 Å². The molecule has 0 aliphatic carbocycles. The molecule has 1 aliphatic heterocycles. The summed E-state index contributed by atoms with van der Waals surface area (Å²) in [4.78, 5) is 0.904. The van der Waals surface area contributed by atoms with Gasteiger partial charge in [0.1, 0.15) is 0 Å². The van der Waals surface area contributed by atoms with Crippen molar-refractivity contribution in [3.8, 4) is 11.5 Å². The van der Waals surface area contributed by atoms with Crippen molar-refractivity contribution in [2.45, 2.75) is 6.42 Å². The van der Waals surface area contributed by atoms with Crippen molar-refractivity contribution < 1.29 is 9.84 Å². The highest BCUT2D eigenvalue weighted by Crippen LogP contribution is 2.25. The molecule has 0 aromatic heterocycles. The molecular formula is C11H13NO2S. The zero-order valence-electron chi connectivity index (χ0n) is 8.27. The lowest BCUT2D eigenvalue weighted by Gasteiger charge is -2.11. The highest BCUT2D eigenvalue weighted by atomic mass is 32.1. The van der Waals surface area contributed by atoms with Crippen molar-refractivity contribution in [1.82, 2.24) is 5.32 Å². The number of thiocarbonyl (C=S) groups is 1. The first-order valence-corrected chi connectivity index (χ1v) is 5.34. The standard InChI is InChI=1S/C11H13NO2S/c13-9-3-1-2-4-10(9)14-7-8-5-11(15)12-6-8/h1-4,8,13H,5-7H2,(H,12,15)/t8-/m1/s1. The molecule has 0 unspecified atom stereocenters. The van der Waals surface area contributed by atoms with Gasteiger partial charge in [0.2, 0.25) is 0 Å². The summed E-state index contributed by atoms with van der Waals surface area (Å²) in [6, 6.07) is 6.99. The number of aromatic hydroxyl groups is 1. The minimum Gasteiger partial charge on any atom is -0.504 e. The molecule has 1 heterocycles. The molecule has 1 atom stereocenters. The molecule has 1 aromatic carbocycles. The zero-order chi connectivity index (χ0) is 10.7. The van der Waals surface area contributed by atoms with Crippen LogP contribution >= 0.6 is 12.2 Å². The predicted molar refractivity (Wildman–Crippen MR) is 62.3 cm³/mol. The lowest BCUT2D eigenvalue weighted by atomic mass is 10.1. The smallest absolute Gasteiger partial charge is 0.160 e. The molecule has 4 heteroatoms. The Labute approximate surface area is 94.1 Å². The number of nitrogens with one attached hydrogen (secondary N) is 1. The Balaban J connectivity index is 1.88. The maximum absolute atomic E-state index is 9.47. The van der Waals surface area contributed by atoms with Crippen LogP contribution in [0.3, 0.4) is 0 Å². The van der Waals surface area contributed by atoms with Gasteiger partial charge in [0, 0.05) is 18.9 Å². The number of benzene rings is 1. The van der Waals surface area contributed by atoms with Crippen LogP contribution < -0.4 is 10.1 Å². The number of rotatable bonds is 3. The van der Waals surface area contributed by atoms with Crippen LogP contribution in [0, 0.1) is 5.92 Å². The number of hydrogen-bond donors (Lipinski definition) is 2. The molecule has 0 bridgehead atoms. The van der Waals surface area contributed by atoms with Gasteiger partial charge in [-0.15, -0.1) is 0 Å². The average Bonchev–Trinajstić information content (AvgIpc) is 2.63. The molecule has 2 rings (SSSR count). The maximum atomic E-state index is 9.47. The van der Waals surface area contributed by atoms with Gasteiger partial charge >= 0.3 is 0 Å². The van der Waals surface area contributed by atoms with Crippen LogP contribution in [0.25, 0.3) is 0 Å². The van der Waals surface area contributed by atoms with E-state index in [0.29, 0.717) is 18.3 Å². The third-order valence-corrected chi connectivity index (χ3v) is 2.71. The summed E-state index contributed by atoms with van der Waals surface area (Å²) < 4.78 is 5.52. The van der Waals surface area contributed by atoms with Gasteiger partial charge < -0.3 is 15.2 Å². The van der Waals surface area contributed by atoms with E-state index in [1.54, 1.807) is 18.2 Å². The molecular weight excluding hydrogens is 210 g/mol. The van der Waals surface area contributed by atoms with Crippen LogP contribution in [0.1, 0.15) is 6.42 Å². The van der Waals surface area contributed by atoms with E-state index in [0.717, 1.165) is 18.0 Å². The lowest BCUT2D eigenvalue weighted by molar-refractivity contribution is 0.251. The van der Waals surface area contributed by atoms with Gasteiger partial charge in [-0.25, -0.2) is 0 Å². The van der Waals surface area contributed by atoms with E-state index in [4.69, 9.17) is 17.0 Å². The fraction of sp³-hybridized carbons (Fsp3) is 0.364. The van der Waals surface area contributed by atoms with Gasteiger partial charge in [-0.1, -0.05) is 24.4 Å². The first-order valence-electron chi connectivity index (χ1n) is 4.93. The Morgan fingerprint density at radius 2 is 2.27 bits per heavy atom. The number of hydrogen-bond acceptors (Lipinski definition) is 3. The fourth-order valence-electron chi connectivity index (χ4n) is 1.57. The van der Waals surface area contributed by atoms with Crippen LogP contribution in [-0.4, -0.2) is 23.2 Å². The Morgan fingerprint density at radius 1 is 1.47 bits per heavy atom. The SMILES string of the molecule is Oc1ccccc1OC[C@H]1CNC(=S)C1. The van der Waals surface area contributed by atoms with Gasteiger partial charge in [-0.3, -0.25) is 0 Å². The molecule has 1 aromatic rings. The lowest BCUT2D eigenvalue weighted by Crippen LogP contribution is -2.16. The number of phenols is 1. The van der Waals surface area contributed by atoms with Crippen LogP contribution in [-0.2, 0) is 0 Å². The minimum absolute atomic E-state index is 0.186. The first-order chi connectivity index (χ1) is 7.25. The van der Waals surface area contributed by atoms with Gasteiger partial charge in [0.15, 0.2) is 11.5 Å². The molecule has 1 aliphatic rings. The molecule has 0 amide bonds. The molecule has 0 saturated carbocycles. The van der Waals surface area contributed by atoms with Crippen molar-refractivity contribution in [2.24, 2.45) is 5.92 Å². The fourth-order valence-corrected chi connectivity index (χ4v) is 1.89. The van der Waals surface area contributed by atoms with E-state index in [2.05, 4.69) is 5.32 Å². The minimum atomic E-state index is 0.186. The Kier molecular flexibility index (Phi) is 3.06. The predicted octanol–water partition coefficient (Wildman–Crippen LogP) is 1.71. The second kappa shape index (κ2) is 4.49. The normalized spacial score (nSPS) is 20.0. The van der Waals surface area contributed by atoms with Crippen molar-refractivity contribution in [3.63, 3.8) is 0 Å². The molecule has 2 N–H and O–H groups in total. The molecule has 1 saturated heterocycles. The Bertz CT molecular complexity index is 367. The van der Waals surface area contributed by atoms with E-state index in [9.17, 15) is 5.11 Å². The molecule has 3 nitrogen and oxygen atoms in total. The van der Waals surface area contributed by atoms with Crippen molar-refractivity contribution in [2.75, 3.05) is 13.2 Å². The summed E-state index contributed by atoms with van der Waals surface area (Å²) in [5.41, 5.74) is 0. The van der Waals surface area contributed by atoms with Gasteiger partial charge in [-0.05, 0) is 12.1 Å². The summed E-state index contributed by atoms with van der Waals surface area (Å²) in [5, 5.41) is 12.6. The highest BCUT2D eigenvalue weighted by Gasteiger charge is 2.19. The maximum Gasteiger partial charge on any atom is 0.160 e. The molecule has 0 spiro atoms. The molecule has 0 radical (unpaired) electrons. The van der Waals surface area contributed by atoms with Crippen LogP contribution in [0.2, 0.25) is 0 Å². The summed E-state index contributed by atoms with van der Waals surface area (Å²) >= 11 is 5.04. The Hall–Kier alpha value is -1.29. The molecule has 15 heavy (non-hydrogen) atoms. The quantitative estimate of drug-likeness (QED) is 0.765. The van der Waals surface area contributed by atoms with Gasteiger partial charge in [-0.2, -0.15) is 0 Å². The molecule has 1 fully saturated rings. The number of phenolic OH excluding ortho intramolecular Hbond substituents is 1. The van der Waals surface area contributed by atoms with E-state index in [1.807, 2.05) is 6.07 Å². The van der Waals surface area contributed by atoms with E-state index < -0.39 is 0 Å². The largest absolute Gasteiger partial charge is 0.504 e. The third-order valence-electron chi connectivity index (χ3n) is 2.40. The number of ether oxygens (including phenoxy) is 1. The number of para-hydroxylation sites is 2. The second-order valence-electron chi connectivity index (χ2n) is 3.65. The monoisotopic (exact) mass is 223 g/mol. The average molecular weight is 223 g/mol.